The average molecular weight is 314 g/mol. The predicted molar refractivity (Wildman–Crippen MR) is 78.3 cm³/mol. The van der Waals surface area contributed by atoms with Crippen molar-refractivity contribution in [2.45, 2.75) is 44.8 Å². The second kappa shape index (κ2) is 6.91. The molecular weight excluding hydrogens is 294 g/mol. The van der Waals surface area contributed by atoms with E-state index in [1.54, 1.807) is 19.1 Å². The van der Waals surface area contributed by atoms with E-state index in [0.29, 0.717) is 11.3 Å². The Labute approximate surface area is 127 Å². The lowest BCUT2D eigenvalue weighted by atomic mass is 9.99. The van der Waals surface area contributed by atoms with Crippen LogP contribution in [0, 0.1) is 6.92 Å². The number of anilines is 1. The molecule has 5 nitrogen and oxygen atoms in total. The van der Waals surface area contributed by atoms with Crippen LogP contribution < -0.4 is 15.4 Å². The summed E-state index contributed by atoms with van der Waals surface area (Å²) in [5.74, 6) is 0.0190. The first-order chi connectivity index (χ1) is 10.4. The summed E-state index contributed by atoms with van der Waals surface area (Å²) in [6.07, 6.45) is 3.37. The molecule has 0 unspecified atom stereocenters. The van der Waals surface area contributed by atoms with Gasteiger partial charge in [0.1, 0.15) is 5.75 Å². The molecule has 1 aliphatic rings. The molecule has 122 valence electrons. The highest BCUT2D eigenvalue weighted by Crippen LogP contribution is 2.29. The summed E-state index contributed by atoms with van der Waals surface area (Å²) in [4.78, 5) is 12.0. The third kappa shape index (κ3) is 4.07. The summed E-state index contributed by atoms with van der Waals surface area (Å²) in [5.41, 5.74) is 0.315. The van der Waals surface area contributed by atoms with Gasteiger partial charge in [-0.05, 0) is 31.4 Å². The molecule has 1 aromatic carbocycles. The maximum absolute atomic E-state index is 12.3. The summed E-state index contributed by atoms with van der Waals surface area (Å²) >= 11 is 0. The van der Waals surface area contributed by atoms with Gasteiger partial charge in [-0.1, -0.05) is 18.9 Å². The van der Waals surface area contributed by atoms with Crippen molar-refractivity contribution in [3.63, 3.8) is 0 Å². The van der Waals surface area contributed by atoms with E-state index in [-0.39, 0.29) is 12.4 Å². The first kappa shape index (κ1) is 16.5. The van der Waals surface area contributed by atoms with Crippen LogP contribution in [0.1, 0.15) is 31.2 Å². The highest BCUT2D eigenvalue weighted by molar-refractivity contribution is 5.90. The van der Waals surface area contributed by atoms with Crippen molar-refractivity contribution in [2.75, 3.05) is 11.9 Å². The van der Waals surface area contributed by atoms with Gasteiger partial charge < -0.3 is 20.5 Å². The lowest BCUT2D eigenvalue weighted by Crippen LogP contribution is -2.50. The van der Waals surface area contributed by atoms with Gasteiger partial charge in [0.2, 0.25) is 0 Å². The fourth-order valence-electron chi connectivity index (χ4n) is 2.68. The van der Waals surface area contributed by atoms with Gasteiger partial charge in [-0.2, -0.15) is 8.78 Å². The van der Waals surface area contributed by atoms with E-state index in [4.69, 9.17) is 0 Å². The average Bonchev–Trinajstić information content (AvgIpc) is 2.91. The molecule has 0 saturated heterocycles. The van der Waals surface area contributed by atoms with Crippen molar-refractivity contribution in [3.05, 3.63) is 23.8 Å². The number of benzene rings is 1. The normalized spacial score (nSPS) is 16.6. The summed E-state index contributed by atoms with van der Waals surface area (Å²) < 4.78 is 29.0. The number of carbonyl (C=O) groups is 1. The number of amides is 2. The monoisotopic (exact) mass is 314 g/mol. The number of hydrogen-bond acceptors (Lipinski definition) is 3. The molecule has 7 heteroatoms. The molecule has 0 aromatic heterocycles. The van der Waals surface area contributed by atoms with E-state index in [1.165, 1.54) is 6.07 Å². The quantitative estimate of drug-likeness (QED) is 0.782. The van der Waals surface area contributed by atoms with Crippen LogP contribution in [0.4, 0.5) is 19.3 Å². The number of alkyl halides is 2. The molecule has 0 spiro atoms. The lowest BCUT2D eigenvalue weighted by molar-refractivity contribution is -0.0502. The lowest BCUT2D eigenvalue weighted by Gasteiger charge is -2.28. The highest BCUT2D eigenvalue weighted by Gasteiger charge is 2.34. The van der Waals surface area contributed by atoms with Crippen LogP contribution in [0.5, 0.6) is 5.75 Å². The second-order valence-corrected chi connectivity index (χ2v) is 5.58. The zero-order valence-electron chi connectivity index (χ0n) is 12.4. The van der Waals surface area contributed by atoms with Gasteiger partial charge in [-0.25, -0.2) is 4.79 Å². The molecule has 1 aliphatic carbocycles. The van der Waals surface area contributed by atoms with Crippen LogP contribution in [-0.2, 0) is 0 Å². The van der Waals surface area contributed by atoms with Crippen LogP contribution in [0.25, 0.3) is 0 Å². The third-order valence-corrected chi connectivity index (χ3v) is 3.90. The first-order valence-electron chi connectivity index (χ1n) is 7.20. The standard InChI is InChI=1S/C15H20F2N2O3/c1-10-4-5-11(8-12(10)22-13(16)17)18-14(21)19-15(9-20)6-2-3-7-15/h4-5,8,13,20H,2-3,6-7,9H2,1H3,(H2,18,19,21). The zero-order chi connectivity index (χ0) is 16.2. The van der Waals surface area contributed by atoms with Crippen molar-refractivity contribution < 1.29 is 23.4 Å². The number of rotatable bonds is 5. The minimum Gasteiger partial charge on any atom is -0.434 e. The fourth-order valence-corrected chi connectivity index (χ4v) is 2.68. The Morgan fingerprint density at radius 2 is 2.09 bits per heavy atom. The molecule has 1 aromatic rings. The number of halogens is 2. The van der Waals surface area contributed by atoms with E-state index < -0.39 is 18.2 Å². The molecule has 0 atom stereocenters. The van der Waals surface area contributed by atoms with Crippen molar-refractivity contribution in [1.29, 1.82) is 0 Å². The van der Waals surface area contributed by atoms with Crippen molar-refractivity contribution in [2.24, 2.45) is 0 Å². The number of aliphatic hydroxyl groups is 1. The molecule has 0 aliphatic heterocycles. The topological polar surface area (TPSA) is 70.6 Å². The first-order valence-corrected chi connectivity index (χ1v) is 7.20. The van der Waals surface area contributed by atoms with Crippen LogP contribution in [0.2, 0.25) is 0 Å². The summed E-state index contributed by atoms with van der Waals surface area (Å²) in [5, 5.41) is 14.8. The number of aryl methyl sites for hydroxylation is 1. The van der Waals surface area contributed by atoms with E-state index in [2.05, 4.69) is 15.4 Å². The van der Waals surface area contributed by atoms with Crippen LogP contribution in [0.3, 0.4) is 0 Å². The van der Waals surface area contributed by atoms with Gasteiger partial charge in [-0.3, -0.25) is 0 Å². The molecule has 0 heterocycles. The maximum atomic E-state index is 12.3. The largest absolute Gasteiger partial charge is 0.434 e. The second-order valence-electron chi connectivity index (χ2n) is 5.58. The third-order valence-electron chi connectivity index (χ3n) is 3.90. The number of ether oxygens (including phenoxy) is 1. The van der Waals surface area contributed by atoms with E-state index in [0.717, 1.165) is 25.7 Å². The SMILES string of the molecule is Cc1ccc(NC(=O)NC2(CO)CCCC2)cc1OC(F)F. The number of carbonyl (C=O) groups excluding carboxylic acids is 1. The number of urea groups is 1. The highest BCUT2D eigenvalue weighted by atomic mass is 19.3. The number of nitrogens with one attached hydrogen (secondary N) is 2. The molecule has 2 rings (SSSR count). The Bertz CT molecular complexity index is 532. The molecule has 1 saturated carbocycles. The number of aliphatic hydroxyl groups excluding tert-OH is 1. The molecule has 1 fully saturated rings. The van der Waals surface area contributed by atoms with E-state index in [9.17, 15) is 18.7 Å². The Morgan fingerprint density at radius 3 is 2.68 bits per heavy atom. The van der Waals surface area contributed by atoms with Gasteiger partial charge in [-0.15, -0.1) is 0 Å². The van der Waals surface area contributed by atoms with Crippen molar-refractivity contribution in [1.82, 2.24) is 5.32 Å². The van der Waals surface area contributed by atoms with Gasteiger partial charge >= 0.3 is 12.6 Å². The summed E-state index contributed by atoms with van der Waals surface area (Å²) in [6, 6.07) is 4.07. The van der Waals surface area contributed by atoms with Crippen LogP contribution >= 0.6 is 0 Å². The summed E-state index contributed by atoms with van der Waals surface area (Å²) in [6.45, 7) is -1.39. The van der Waals surface area contributed by atoms with Gasteiger partial charge in [0.25, 0.3) is 0 Å². The molecule has 3 N–H and O–H groups in total. The van der Waals surface area contributed by atoms with Crippen LogP contribution in [-0.4, -0.2) is 29.9 Å². The van der Waals surface area contributed by atoms with Crippen LogP contribution in [0.15, 0.2) is 18.2 Å². The molecule has 0 radical (unpaired) electrons. The zero-order valence-corrected chi connectivity index (χ0v) is 12.4. The van der Waals surface area contributed by atoms with Crippen molar-refractivity contribution >= 4 is 11.7 Å². The Morgan fingerprint density at radius 1 is 1.41 bits per heavy atom. The maximum Gasteiger partial charge on any atom is 0.387 e. The van der Waals surface area contributed by atoms with E-state index in [1.807, 2.05) is 0 Å². The Balaban J connectivity index is 2.02. The molecule has 0 bridgehead atoms. The van der Waals surface area contributed by atoms with Crippen molar-refractivity contribution in [3.8, 4) is 5.75 Å². The molecule has 22 heavy (non-hydrogen) atoms. The fraction of sp³-hybridized carbons (Fsp3) is 0.533. The minimum atomic E-state index is -2.92. The van der Waals surface area contributed by atoms with Gasteiger partial charge in [0, 0.05) is 11.8 Å². The smallest absolute Gasteiger partial charge is 0.387 e. The minimum absolute atomic E-state index is 0.0190. The van der Waals surface area contributed by atoms with Gasteiger partial charge in [0.05, 0.1) is 12.1 Å². The van der Waals surface area contributed by atoms with E-state index >= 15 is 0 Å². The Kier molecular flexibility index (Phi) is 5.18. The molecule has 2 amide bonds. The van der Waals surface area contributed by atoms with Gasteiger partial charge in [0.15, 0.2) is 0 Å². The molecular formula is C15H20F2N2O3. The number of hydrogen-bond donors (Lipinski definition) is 3. The predicted octanol–water partition coefficient (Wildman–Crippen LogP) is 3.02. The summed E-state index contributed by atoms with van der Waals surface area (Å²) in [7, 11) is 0. The Hall–Kier alpha value is -1.89.